The van der Waals surface area contributed by atoms with Gasteiger partial charge in [0.2, 0.25) is 5.91 Å². The Hall–Kier alpha value is -1.40. The van der Waals surface area contributed by atoms with E-state index in [0.717, 1.165) is 12.0 Å². The van der Waals surface area contributed by atoms with Crippen molar-refractivity contribution < 1.29 is 13.7 Å². The summed E-state index contributed by atoms with van der Waals surface area (Å²) >= 11 is 0. The van der Waals surface area contributed by atoms with Crippen LogP contribution in [0.2, 0.25) is 0 Å². The van der Waals surface area contributed by atoms with Gasteiger partial charge in [0.15, 0.2) is 0 Å². The minimum Gasteiger partial charge on any atom is -0.398 e. The van der Waals surface area contributed by atoms with Gasteiger partial charge in [0.1, 0.15) is 5.75 Å². The molecule has 1 aliphatic heterocycles. The quantitative estimate of drug-likeness (QED) is 0.824. The van der Waals surface area contributed by atoms with E-state index in [1.807, 2.05) is 13.8 Å². The van der Waals surface area contributed by atoms with Gasteiger partial charge in [-0.05, 0) is 38.0 Å². The maximum atomic E-state index is 12.2. The maximum absolute atomic E-state index is 12.2. The Balaban J connectivity index is 1.95. The van der Waals surface area contributed by atoms with Crippen LogP contribution in [-0.2, 0) is 20.3 Å². The molecule has 0 saturated carbocycles. The van der Waals surface area contributed by atoms with E-state index in [4.69, 9.17) is 10.5 Å². The van der Waals surface area contributed by atoms with Gasteiger partial charge in [0.05, 0.1) is 11.4 Å². The monoisotopic (exact) mass is 296 g/mol. The lowest BCUT2D eigenvalue weighted by Crippen LogP contribution is -2.30. The van der Waals surface area contributed by atoms with Crippen LogP contribution in [0.1, 0.15) is 18.9 Å². The third-order valence-corrected chi connectivity index (χ3v) is 5.41. The van der Waals surface area contributed by atoms with Gasteiger partial charge in [-0.25, -0.2) is 0 Å². The Kier molecular flexibility index (Phi) is 4.77. The summed E-state index contributed by atoms with van der Waals surface area (Å²) in [7, 11) is -1.21. The molecule has 1 amide bonds. The fourth-order valence-corrected chi connectivity index (χ4v) is 3.68. The Morgan fingerprint density at radius 2 is 2.30 bits per heavy atom. The molecule has 3 N–H and O–H groups in total. The second-order valence-corrected chi connectivity index (χ2v) is 6.65. The Bertz CT molecular complexity index is 533. The summed E-state index contributed by atoms with van der Waals surface area (Å²) in [6.07, 6.45) is 0.705. The molecule has 6 heteroatoms. The van der Waals surface area contributed by atoms with Crippen molar-refractivity contribution in [3.63, 3.8) is 0 Å². The zero-order valence-corrected chi connectivity index (χ0v) is 12.5. The number of amides is 1. The van der Waals surface area contributed by atoms with Gasteiger partial charge in [-0.2, -0.15) is 0 Å². The van der Waals surface area contributed by atoms with Crippen LogP contribution < -0.4 is 11.1 Å². The molecule has 0 spiro atoms. The number of carbonyl (C=O) groups excluding carboxylic acids is 1. The molecule has 0 radical (unpaired) electrons. The van der Waals surface area contributed by atoms with Crippen molar-refractivity contribution >= 4 is 28.1 Å². The highest BCUT2D eigenvalue weighted by Crippen LogP contribution is 2.21. The first-order chi connectivity index (χ1) is 9.49. The van der Waals surface area contributed by atoms with Crippen molar-refractivity contribution in [1.82, 2.24) is 0 Å². The molecule has 1 saturated heterocycles. The first-order valence-corrected chi connectivity index (χ1v) is 8.01. The number of hydrogen-bond acceptors (Lipinski definition) is 4. The van der Waals surface area contributed by atoms with Crippen molar-refractivity contribution in [2.45, 2.75) is 31.6 Å². The number of ether oxygens (including phenoxy) is 1. The lowest BCUT2D eigenvalue weighted by atomic mass is 10.1. The van der Waals surface area contributed by atoms with Gasteiger partial charge >= 0.3 is 0 Å². The van der Waals surface area contributed by atoms with E-state index >= 15 is 0 Å². The predicted molar refractivity (Wildman–Crippen MR) is 81.0 cm³/mol. The lowest BCUT2D eigenvalue weighted by Gasteiger charge is -2.14. The standard InChI is InChI=1S/C14H20N2O3S/c1-9-11(15)4-3-5-12(9)16-14(17)8-20(18)13-6-7-19-10(13)2/h3-5,10,13H,6-8,15H2,1-2H3,(H,16,17). The minimum atomic E-state index is -1.21. The number of rotatable bonds is 4. The first kappa shape index (κ1) is 15.0. The van der Waals surface area contributed by atoms with Crippen LogP contribution >= 0.6 is 0 Å². The highest BCUT2D eigenvalue weighted by molar-refractivity contribution is 7.86. The Labute approximate surface area is 121 Å². The van der Waals surface area contributed by atoms with Gasteiger partial charge < -0.3 is 15.8 Å². The molecule has 1 heterocycles. The molecule has 0 aliphatic carbocycles. The summed E-state index contributed by atoms with van der Waals surface area (Å²) in [5, 5.41) is 2.71. The third kappa shape index (κ3) is 3.37. The number of carbonyl (C=O) groups is 1. The SMILES string of the molecule is Cc1c(N)cccc1NC(=O)CS(=O)C1CCOC1C. The van der Waals surface area contributed by atoms with E-state index < -0.39 is 10.8 Å². The van der Waals surface area contributed by atoms with Crippen molar-refractivity contribution in [2.75, 3.05) is 23.4 Å². The maximum Gasteiger partial charge on any atom is 0.237 e. The Morgan fingerprint density at radius 1 is 1.55 bits per heavy atom. The summed E-state index contributed by atoms with van der Waals surface area (Å²) in [4.78, 5) is 12.0. The fraction of sp³-hybridized carbons (Fsp3) is 0.500. The highest BCUT2D eigenvalue weighted by atomic mass is 32.2. The second-order valence-electron chi connectivity index (χ2n) is 5.00. The van der Waals surface area contributed by atoms with Crippen LogP contribution in [0.4, 0.5) is 11.4 Å². The molecule has 1 aromatic carbocycles. The van der Waals surface area contributed by atoms with Crippen LogP contribution in [0.15, 0.2) is 18.2 Å². The number of nitrogen functional groups attached to an aromatic ring is 1. The summed E-state index contributed by atoms with van der Waals surface area (Å²) < 4.78 is 17.5. The number of benzene rings is 1. The van der Waals surface area contributed by atoms with Gasteiger partial charge in [0, 0.05) is 28.8 Å². The van der Waals surface area contributed by atoms with Crippen LogP contribution in [0.3, 0.4) is 0 Å². The van der Waals surface area contributed by atoms with Gasteiger partial charge in [-0.1, -0.05) is 6.07 Å². The van der Waals surface area contributed by atoms with Crippen molar-refractivity contribution in [3.8, 4) is 0 Å². The molecule has 1 fully saturated rings. The highest BCUT2D eigenvalue weighted by Gasteiger charge is 2.30. The van der Waals surface area contributed by atoms with Gasteiger partial charge in [-0.15, -0.1) is 0 Å². The van der Waals surface area contributed by atoms with Crippen molar-refractivity contribution in [3.05, 3.63) is 23.8 Å². The molecule has 0 bridgehead atoms. The van der Waals surface area contributed by atoms with E-state index in [-0.39, 0.29) is 23.0 Å². The Morgan fingerprint density at radius 3 is 2.95 bits per heavy atom. The zero-order chi connectivity index (χ0) is 14.7. The third-order valence-electron chi connectivity index (χ3n) is 3.57. The van der Waals surface area contributed by atoms with Gasteiger partial charge in [-0.3, -0.25) is 9.00 Å². The molecule has 110 valence electrons. The van der Waals surface area contributed by atoms with Crippen molar-refractivity contribution in [1.29, 1.82) is 0 Å². The predicted octanol–water partition coefficient (Wildman–Crippen LogP) is 1.44. The normalized spacial score (nSPS) is 23.5. The largest absolute Gasteiger partial charge is 0.398 e. The number of nitrogens with two attached hydrogens (primary N) is 1. The van der Waals surface area contributed by atoms with Crippen molar-refractivity contribution in [2.24, 2.45) is 0 Å². The first-order valence-electron chi connectivity index (χ1n) is 6.62. The number of anilines is 2. The molecule has 1 aliphatic rings. The summed E-state index contributed by atoms with van der Waals surface area (Å²) in [6, 6.07) is 5.34. The van der Waals surface area contributed by atoms with Crippen LogP contribution in [0.25, 0.3) is 0 Å². The molecular weight excluding hydrogens is 276 g/mol. The smallest absolute Gasteiger partial charge is 0.237 e. The van der Waals surface area contributed by atoms with E-state index in [1.165, 1.54) is 0 Å². The summed E-state index contributed by atoms with van der Waals surface area (Å²) in [5.74, 6) is -0.261. The molecule has 0 aromatic heterocycles. The molecule has 3 unspecified atom stereocenters. The molecule has 1 aromatic rings. The molecule has 20 heavy (non-hydrogen) atoms. The van der Waals surface area contributed by atoms with E-state index in [2.05, 4.69) is 5.32 Å². The second kappa shape index (κ2) is 6.37. The zero-order valence-electron chi connectivity index (χ0n) is 11.7. The fourth-order valence-electron chi connectivity index (χ4n) is 2.27. The van der Waals surface area contributed by atoms with E-state index in [1.54, 1.807) is 18.2 Å². The van der Waals surface area contributed by atoms with E-state index in [9.17, 15) is 9.00 Å². The average Bonchev–Trinajstić information content (AvgIpc) is 2.81. The summed E-state index contributed by atoms with van der Waals surface area (Å²) in [6.45, 7) is 4.36. The van der Waals surface area contributed by atoms with Crippen LogP contribution in [0.5, 0.6) is 0 Å². The average molecular weight is 296 g/mol. The van der Waals surface area contributed by atoms with E-state index in [0.29, 0.717) is 18.0 Å². The molecule has 3 atom stereocenters. The number of hydrogen-bond donors (Lipinski definition) is 2. The van der Waals surface area contributed by atoms with Crippen LogP contribution in [0, 0.1) is 6.92 Å². The topological polar surface area (TPSA) is 81.4 Å². The molecular formula is C14H20N2O3S. The van der Waals surface area contributed by atoms with Crippen LogP contribution in [-0.4, -0.2) is 33.8 Å². The minimum absolute atomic E-state index is 0.00734. The van der Waals surface area contributed by atoms with Gasteiger partial charge in [0.25, 0.3) is 0 Å². The summed E-state index contributed by atoms with van der Waals surface area (Å²) in [5.41, 5.74) is 7.91. The molecule has 5 nitrogen and oxygen atoms in total. The molecule has 2 rings (SSSR count). The lowest BCUT2D eigenvalue weighted by molar-refractivity contribution is -0.113. The number of nitrogens with one attached hydrogen (secondary N) is 1.